The smallest absolute Gasteiger partial charge is 0.240 e. The van der Waals surface area contributed by atoms with Gasteiger partial charge in [-0.2, -0.15) is 0 Å². The summed E-state index contributed by atoms with van der Waals surface area (Å²) < 4.78 is 0. The van der Waals surface area contributed by atoms with E-state index < -0.39 is 0 Å². The van der Waals surface area contributed by atoms with Crippen LogP contribution in [-0.4, -0.2) is 35.7 Å². The minimum absolute atomic E-state index is 0. The lowest BCUT2D eigenvalue weighted by Gasteiger charge is -2.34. The number of hydrogen-bond acceptors (Lipinski definition) is 4. The van der Waals surface area contributed by atoms with E-state index in [1.54, 1.807) is 23.1 Å². The number of carbonyl (C=O) groups is 1. The van der Waals surface area contributed by atoms with Crippen molar-refractivity contribution < 1.29 is 4.79 Å². The topological polar surface area (TPSA) is 46.3 Å². The second-order valence-corrected chi connectivity index (χ2v) is 7.20. The molecule has 0 saturated carbocycles. The van der Waals surface area contributed by atoms with Gasteiger partial charge in [0.2, 0.25) is 5.91 Å². The first kappa shape index (κ1) is 15.2. The highest BCUT2D eigenvalue weighted by Gasteiger charge is 2.32. The lowest BCUT2D eigenvalue weighted by atomic mass is 10.0. The molecule has 1 aromatic rings. The van der Waals surface area contributed by atoms with Crippen LogP contribution in [0.15, 0.2) is 11.4 Å². The monoisotopic (exact) mass is 318 g/mol. The molecule has 6 heteroatoms. The van der Waals surface area contributed by atoms with Crippen molar-refractivity contribution in [2.75, 3.05) is 18.8 Å². The molecule has 0 bridgehead atoms. The number of fused-ring (bicyclic) bond motifs is 1. The van der Waals surface area contributed by atoms with Crippen molar-refractivity contribution in [1.29, 1.82) is 0 Å². The first-order valence-electron chi connectivity index (χ1n) is 6.48. The zero-order chi connectivity index (χ0) is 12.5. The minimum atomic E-state index is 0. The molecule has 19 heavy (non-hydrogen) atoms. The van der Waals surface area contributed by atoms with E-state index in [0.717, 1.165) is 38.1 Å². The van der Waals surface area contributed by atoms with Gasteiger partial charge in [-0.1, -0.05) is 0 Å². The number of piperidine rings is 1. The Hall–Kier alpha value is -0.230. The van der Waals surface area contributed by atoms with Crippen LogP contribution in [0.1, 0.15) is 28.5 Å². The first-order valence-corrected chi connectivity index (χ1v) is 8.41. The average Bonchev–Trinajstić information content (AvgIpc) is 2.86. The molecule has 0 aromatic carbocycles. The van der Waals surface area contributed by atoms with E-state index in [4.69, 9.17) is 5.73 Å². The van der Waals surface area contributed by atoms with Gasteiger partial charge in [-0.25, -0.2) is 0 Å². The van der Waals surface area contributed by atoms with Gasteiger partial charge in [0.25, 0.3) is 0 Å². The van der Waals surface area contributed by atoms with E-state index in [2.05, 4.69) is 11.4 Å². The van der Waals surface area contributed by atoms with Gasteiger partial charge in [-0.3, -0.25) is 4.79 Å². The summed E-state index contributed by atoms with van der Waals surface area (Å²) in [4.78, 5) is 16.0. The largest absolute Gasteiger partial charge is 0.340 e. The maximum atomic E-state index is 12.6. The average molecular weight is 319 g/mol. The third-order valence-corrected chi connectivity index (χ3v) is 5.90. The maximum Gasteiger partial charge on any atom is 0.240 e. The fourth-order valence-electron chi connectivity index (χ4n) is 2.73. The van der Waals surface area contributed by atoms with Crippen molar-refractivity contribution in [3.05, 3.63) is 21.9 Å². The highest BCUT2D eigenvalue weighted by Crippen LogP contribution is 2.40. The highest BCUT2D eigenvalue weighted by molar-refractivity contribution is 8.00. The lowest BCUT2D eigenvalue weighted by molar-refractivity contribution is -0.131. The third-order valence-electron chi connectivity index (χ3n) is 3.67. The maximum absolute atomic E-state index is 12.6. The SMILES string of the molecule is Cl.NC1CCCN(C(=O)C2SCCc3sccc32)C1. The van der Waals surface area contributed by atoms with Gasteiger partial charge in [0, 0.05) is 24.0 Å². The first-order chi connectivity index (χ1) is 8.75. The van der Waals surface area contributed by atoms with Gasteiger partial charge < -0.3 is 10.6 Å². The van der Waals surface area contributed by atoms with Gasteiger partial charge in [0.1, 0.15) is 5.25 Å². The van der Waals surface area contributed by atoms with Crippen molar-refractivity contribution in [2.45, 2.75) is 30.6 Å². The summed E-state index contributed by atoms with van der Waals surface area (Å²) in [6.07, 6.45) is 3.20. The number of hydrogen-bond donors (Lipinski definition) is 1. The number of thioether (sulfide) groups is 1. The number of halogens is 1. The van der Waals surface area contributed by atoms with E-state index in [1.165, 1.54) is 10.4 Å². The zero-order valence-electron chi connectivity index (χ0n) is 10.7. The summed E-state index contributed by atoms with van der Waals surface area (Å²) in [5, 5.41) is 2.13. The third kappa shape index (κ3) is 3.10. The second-order valence-electron chi connectivity index (χ2n) is 4.99. The summed E-state index contributed by atoms with van der Waals surface area (Å²) >= 11 is 3.57. The summed E-state index contributed by atoms with van der Waals surface area (Å²) in [5.74, 6) is 1.33. The molecule has 1 amide bonds. The summed E-state index contributed by atoms with van der Waals surface area (Å²) in [5.41, 5.74) is 7.22. The standard InChI is InChI=1S/C13H18N2OS2.ClH/c14-9-2-1-5-15(8-9)13(16)12-10-3-6-17-11(10)4-7-18-12;/h3,6,9,12H,1-2,4-5,7-8,14H2;1H. The van der Waals surface area contributed by atoms with Crippen molar-refractivity contribution in [1.82, 2.24) is 4.90 Å². The number of likely N-dealkylation sites (tertiary alicyclic amines) is 1. The minimum Gasteiger partial charge on any atom is -0.340 e. The molecule has 2 unspecified atom stereocenters. The summed E-state index contributed by atoms with van der Waals surface area (Å²) in [6, 6.07) is 2.29. The number of rotatable bonds is 1. The highest BCUT2D eigenvalue weighted by atomic mass is 35.5. The molecule has 106 valence electrons. The molecule has 1 aromatic heterocycles. The van der Waals surface area contributed by atoms with Crippen LogP contribution in [0, 0.1) is 0 Å². The molecule has 0 aliphatic carbocycles. The number of nitrogens with zero attached hydrogens (tertiary/aromatic N) is 1. The second kappa shape index (κ2) is 6.48. The van der Waals surface area contributed by atoms with E-state index in [0.29, 0.717) is 0 Å². The molecule has 1 saturated heterocycles. The van der Waals surface area contributed by atoms with E-state index in [-0.39, 0.29) is 29.6 Å². The van der Waals surface area contributed by atoms with Crippen LogP contribution >= 0.6 is 35.5 Å². The molecule has 3 nitrogen and oxygen atoms in total. The molecule has 0 radical (unpaired) electrons. The van der Waals surface area contributed by atoms with Crippen LogP contribution in [0.4, 0.5) is 0 Å². The predicted molar refractivity (Wildman–Crippen MR) is 84.3 cm³/mol. The molecule has 2 N–H and O–H groups in total. The molecular formula is C13H19ClN2OS2. The number of carbonyl (C=O) groups excluding carboxylic acids is 1. The van der Waals surface area contributed by atoms with Crippen LogP contribution in [0.3, 0.4) is 0 Å². The normalized spacial score (nSPS) is 26.5. The predicted octanol–water partition coefficient (Wildman–Crippen LogP) is 2.45. The van der Waals surface area contributed by atoms with Gasteiger partial charge >= 0.3 is 0 Å². The van der Waals surface area contributed by atoms with Crippen LogP contribution in [0.25, 0.3) is 0 Å². The van der Waals surface area contributed by atoms with Crippen molar-refractivity contribution in [3.8, 4) is 0 Å². The fourth-order valence-corrected chi connectivity index (χ4v) is 5.10. The molecule has 0 spiro atoms. The number of amides is 1. The molecule has 3 rings (SSSR count). The molecule has 3 heterocycles. The quantitative estimate of drug-likeness (QED) is 0.865. The number of thiophene rings is 1. The Balaban J connectivity index is 0.00000133. The molecule has 2 aliphatic rings. The molecular weight excluding hydrogens is 300 g/mol. The Morgan fingerprint density at radius 3 is 3.11 bits per heavy atom. The van der Waals surface area contributed by atoms with Crippen molar-refractivity contribution in [2.24, 2.45) is 5.73 Å². The molecule has 1 fully saturated rings. The summed E-state index contributed by atoms with van der Waals surface area (Å²) in [7, 11) is 0. The fraction of sp³-hybridized carbons (Fsp3) is 0.615. The Morgan fingerprint density at radius 1 is 1.47 bits per heavy atom. The van der Waals surface area contributed by atoms with Crippen molar-refractivity contribution >= 4 is 41.4 Å². The van der Waals surface area contributed by atoms with Gasteiger partial charge in [-0.15, -0.1) is 35.5 Å². The molecule has 2 aliphatic heterocycles. The van der Waals surface area contributed by atoms with Crippen molar-refractivity contribution in [3.63, 3.8) is 0 Å². The van der Waals surface area contributed by atoms with Crippen LogP contribution in [0.2, 0.25) is 0 Å². The number of aryl methyl sites for hydroxylation is 1. The Kier molecular flexibility index (Phi) is 5.17. The van der Waals surface area contributed by atoms with E-state index in [1.807, 2.05) is 4.90 Å². The Bertz CT molecular complexity index is 452. The number of nitrogens with two attached hydrogens (primary N) is 1. The van der Waals surface area contributed by atoms with E-state index >= 15 is 0 Å². The summed E-state index contributed by atoms with van der Waals surface area (Å²) in [6.45, 7) is 1.61. The Morgan fingerprint density at radius 2 is 2.32 bits per heavy atom. The van der Waals surface area contributed by atoms with Gasteiger partial charge in [0.15, 0.2) is 0 Å². The zero-order valence-corrected chi connectivity index (χ0v) is 13.2. The van der Waals surface area contributed by atoms with Gasteiger partial charge in [-0.05, 0) is 42.0 Å². The van der Waals surface area contributed by atoms with Crippen LogP contribution in [-0.2, 0) is 11.2 Å². The Labute approximate surface area is 128 Å². The lowest BCUT2D eigenvalue weighted by Crippen LogP contribution is -2.47. The van der Waals surface area contributed by atoms with Crippen LogP contribution in [0.5, 0.6) is 0 Å². The molecule has 2 atom stereocenters. The van der Waals surface area contributed by atoms with Crippen LogP contribution < -0.4 is 5.73 Å². The van der Waals surface area contributed by atoms with E-state index in [9.17, 15) is 4.79 Å². The van der Waals surface area contributed by atoms with Gasteiger partial charge in [0.05, 0.1) is 0 Å².